The SMILES string of the molecule is CNCC=Cc1cncc(C(=O)OC)c1. The minimum Gasteiger partial charge on any atom is -0.465 e. The fourth-order valence-electron chi connectivity index (χ4n) is 1.09. The monoisotopic (exact) mass is 206 g/mol. The molecule has 1 N–H and O–H groups in total. The molecule has 15 heavy (non-hydrogen) atoms. The molecule has 80 valence electrons. The van der Waals surface area contributed by atoms with Crippen molar-refractivity contribution < 1.29 is 9.53 Å². The summed E-state index contributed by atoms with van der Waals surface area (Å²) in [5, 5.41) is 2.99. The van der Waals surface area contributed by atoms with Crippen molar-refractivity contribution in [1.29, 1.82) is 0 Å². The van der Waals surface area contributed by atoms with E-state index in [1.54, 1.807) is 12.3 Å². The van der Waals surface area contributed by atoms with Gasteiger partial charge in [0.2, 0.25) is 0 Å². The number of carbonyl (C=O) groups excluding carboxylic acids is 1. The number of ether oxygens (including phenoxy) is 1. The lowest BCUT2D eigenvalue weighted by Crippen LogP contribution is -2.04. The Morgan fingerprint density at radius 3 is 3.07 bits per heavy atom. The molecule has 0 spiro atoms. The van der Waals surface area contributed by atoms with Crippen molar-refractivity contribution >= 4 is 12.0 Å². The molecule has 0 aromatic carbocycles. The minimum atomic E-state index is -0.369. The third-order valence-corrected chi connectivity index (χ3v) is 1.81. The smallest absolute Gasteiger partial charge is 0.339 e. The number of likely N-dealkylation sites (N-methyl/N-ethyl adjacent to an activating group) is 1. The number of pyridine rings is 1. The van der Waals surface area contributed by atoms with E-state index >= 15 is 0 Å². The van der Waals surface area contributed by atoms with Gasteiger partial charge in [-0.2, -0.15) is 0 Å². The Morgan fingerprint density at radius 2 is 2.40 bits per heavy atom. The number of carbonyl (C=O) groups is 1. The van der Waals surface area contributed by atoms with Gasteiger partial charge in [0.1, 0.15) is 0 Å². The standard InChI is InChI=1S/C11H14N2O2/c1-12-5-3-4-9-6-10(8-13-7-9)11(14)15-2/h3-4,6-8,12H,5H2,1-2H3. The molecular weight excluding hydrogens is 192 g/mol. The van der Waals surface area contributed by atoms with Gasteiger partial charge in [0, 0.05) is 18.9 Å². The maximum absolute atomic E-state index is 11.2. The van der Waals surface area contributed by atoms with Gasteiger partial charge in [0.15, 0.2) is 0 Å². The second-order valence-electron chi connectivity index (χ2n) is 2.96. The molecule has 0 aliphatic rings. The summed E-state index contributed by atoms with van der Waals surface area (Å²) in [6.07, 6.45) is 7.04. The highest BCUT2D eigenvalue weighted by molar-refractivity contribution is 5.89. The Morgan fingerprint density at radius 1 is 1.60 bits per heavy atom. The molecule has 0 aliphatic carbocycles. The van der Waals surface area contributed by atoms with E-state index in [-0.39, 0.29) is 5.97 Å². The molecule has 0 saturated heterocycles. The van der Waals surface area contributed by atoms with E-state index in [1.807, 2.05) is 19.2 Å². The highest BCUT2D eigenvalue weighted by atomic mass is 16.5. The molecule has 1 heterocycles. The maximum Gasteiger partial charge on any atom is 0.339 e. The summed E-state index contributed by atoms with van der Waals surface area (Å²) in [4.78, 5) is 15.2. The van der Waals surface area contributed by atoms with Crippen molar-refractivity contribution in [2.45, 2.75) is 0 Å². The van der Waals surface area contributed by atoms with Crippen molar-refractivity contribution in [3.63, 3.8) is 0 Å². The second-order valence-corrected chi connectivity index (χ2v) is 2.96. The molecule has 1 rings (SSSR count). The van der Waals surface area contributed by atoms with Crippen LogP contribution in [0.1, 0.15) is 15.9 Å². The molecule has 0 saturated carbocycles. The molecule has 0 atom stereocenters. The Labute approximate surface area is 89.0 Å². The number of hydrogen-bond donors (Lipinski definition) is 1. The number of nitrogens with one attached hydrogen (secondary N) is 1. The summed E-state index contributed by atoms with van der Waals surface area (Å²) >= 11 is 0. The Kier molecular flexibility index (Phi) is 4.50. The van der Waals surface area contributed by atoms with Crippen LogP contribution >= 0.6 is 0 Å². The van der Waals surface area contributed by atoms with Gasteiger partial charge in [0.05, 0.1) is 12.7 Å². The highest BCUT2D eigenvalue weighted by Crippen LogP contribution is 2.05. The first-order valence-corrected chi connectivity index (χ1v) is 4.62. The number of rotatable bonds is 4. The summed E-state index contributed by atoms with van der Waals surface area (Å²) in [7, 11) is 3.22. The fraction of sp³-hybridized carbons (Fsp3) is 0.273. The van der Waals surface area contributed by atoms with Crippen LogP contribution in [0.25, 0.3) is 6.08 Å². The largest absolute Gasteiger partial charge is 0.465 e. The summed E-state index contributed by atoms with van der Waals surface area (Å²) < 4.78 is 4.60. The Balaban J connectivity index is 2.78. The quantitative estimate of drug-likeness (QED) is 0.749. The number of aromatic nitrogens is 1. The first-order valence-electron chi connectivity index (χ1n) is 4.62. The van der Waals surface area contributed by atoms with E-state index in [0.29, 0.717) is 5.56 Å². The molecule has 0 bridgehead atoms. The van der Waals surface area contributed by atoms with Crippen molar-refractivity contribution in [2.24, 2.45) is 0 Å². The van der Waals surface area contributed by atoms with Crippen molar-refractivity contribution in [2.75, 3.05) is 20.7 Å². The lowest BCUT2D eigenvalue weighted by atomic mass is 10.2. The summed E-state index contributed by atoms with van der Waals surface area (Å²) in [5.41, 5.74) is 1.34. The predicted molar refractivity (Wildman–Crippen MR) is 58.5 cm³/mol. The lowest BCUT2D eigenvalue weighted by molar-refractivity contribution is 0.0600. The van der Waals surface area contributed by atoms with Crippen LogP contribution in [0.4, 0.5) is 0 Å². The Hall–Kier alpha value is -1.68. The second kappa shape index (κ2) is 5.93. The maximum atomic E-state index is 11.2. The van der Waals surface area contributed by atoms with E-state index < -0.39 is 0 Å². The molecule has 0 aliphatic heterocycles. The molecule has 0 amide bonds. The molecule has 0 fully saturated rings. The van der Waals surface area contributed by atoms with Gasteiger partial charge in [-0.05, 0) is 18.7 Å². The van der Waals surface area contributed by atoms with Crippen molar-refractivity contribution in [1.82, 2.24) is 10.3 Å². The topological polar surface area (TPSA) is 51.2 Å². The minimum absolute atomic E-state index is 0.369. The zero-order valence-electron chi connectivity index (χ0n) is 8.86. The van der Waals surface area contributed by atoms with E-state index in [4.69, 9.17) is 0 Å². The fourth-order valence-corrected chi connectivity index (χ4v) is 1.09. The number of methoxy groups -OCH3 is 1. The number of nitrogens with zero attached hydrogens (tertiary/aromatic N) is 1. The molecule has 4 nitrogen and oxygen atoms in total. The Bertz CT molecular complexity index is 361. The van der Waals surface area contributed by atoms with E-state index in [1.165, 1.54) is 13.3 Å². The van der Waals surface area contributed by atoms with Gasteiger partial charge in [-0.15, -0.1) is 0 Å². The first-order chi connectivity index (χ1) is 7.27. The van der Waals surface area contributed by atoms with Gasteiger partial charge < -0.3 is 10.1 Å². The molecule has 1 aromatic heterocycles. The van der Waals surface area contributed by atoms with Crippen LogP contribution in [-0.4, -0.2) is 31.7 Å². The summed E-state index contributed by atoms with van der Waals surface area (Å²) in [5.74, 6) is -0.369. The van der Waals surface area contributed by atoms with Crippen LogP contribution < -0.4 is 5.32 Å². The van der Waals surface area contributed by atoms with Crippen LogP contribution in [0, 0.1) is 0 Å². The molecule has 1 aromatic rings. The van der Waals surface area contributed by atoms with Gasteiger partial charge >= 0.3 is 5.97 Å². The summed E-state index contributed by atoms with van der Waals surface area (Å²) in [6.45, 7) is 0.780. The van der Waals surface area contributed by atoms with Crippen LogP contribution in [0.2, 0.25) is 0 Å². The van der Waals surface area contributed by atoms with E-state index in [0.717, 1.165) is 12.1 Å². The first kappa shape index (κ1) is 11.4. The number of hydrogen-bond acceptors (Lipinski definition) is 4. The van der Waals surface area contributed by atoms with Crippen LogP contribution in [-0.2, 0) is 4.74 Å². The summed E-state index contributed by atoms with van der Waals surface area (Å²) in [6, 6.07) is 1.74. The third kappa shape index (κ3) is 3.52. The lowest BCUT2D eigenvalue weighted by Gasteiger charge is -1.99. The van der Waals surface area contributed by atoms with Crippen LogP contribution in [0.5, 0.6) is 0 Å². The van der Waals surface area contributed by atoms with Crippen molar-refractivity contribution in [3.8, 4) is 0 Å². The predicted octanol–water partition coefficient (Wildman–Crippen LogP) is 1.10. The van der Waals surface area contributed by atoms with Crippen molar-refractivity contribution in [3.05, 3.63) is 35.7 Å². The van der Waals surface area contributed by atoms with Gasteiger partial charge in [0.25, 0.3) is 0 Å². The molecule has 4 heteroatoms. The average Bonchev–Trinajstić information content (AvgIpc) is 2.29. The van der Waals surface area contributed by atoms with E-state index in [9.17, 15) is 4.79 Å². The molecular formula is C11H14N2O2. The zero-order valence-corrected chi connectivity index (χ0v) is 8.86. The van der Waals surface area contributed by atoms with Crippen LogP contribution in [0.3, 0.4) is 0 Å². The van der Waals surface area contributed by atoms with Crippen LogP contribution in [0.15, 0.2) is 24.5 Å². The van der Waals surface area contributed by atoms with Gasteiger partial charge in [-0.25, -0.2) is 4.79 Å². The van der Waals surface area contributed by atoms with Gasteiger partial charge in [-0.3, -0.25) is 4.98 Å². The average molecular weight is 206 g/mol. The third-order valence-electron chi connectivity index (χ3n) is 1.81. The molecule has 0 radical (unpaired) electrons. The molecule has 0 unspecified atom stereocenters. The normalized spacial score (nSPS) is 10.5. The van der Waals surface area contributed by atoms with Gasteiger partial charge in [-0.1, -0.05) is 12.2 Å². The van der Waals surface area contributed by atoms with E-state index in [2.05, 4.69) is 15.0 Å². The number of esters is 1. The zero-order chi connectivity index (χ0) is 11.1. The highest BCUT2D eigenvalue weighted by Gasteiger charge is 2.04.